The lowest BCUT2D eigenvalue weighted by Crippen LogP contribution is -2.38. The molecule has 0 aliphatic rings. The summed E-state index contributed by atoms with van der Waals surface area (Å²) in [5, 5.41) is 3.28. The van der Waals surface area contributed by atoms with Gasteiger partial charge in [-0.1, -0.05) is 20.3 Å². The maximum atomic E-state index is 5.97. The topological polar surface area (TPSA) is 51.2 Å². The quantitative estimate of drug-likeness (QED) is 0.728. The summed E-state index contributed by atoms with van der Waals surface area (Å²) < 4.78 is 5.20. The van der Waals surface area contributed by atoms with Crippen molar-refractivity contribution in [2.24, 2.45) is 11.7 Å². The molecule has 0 aliphatic carbocycles. The van der Waals surface area contributed by atoms with Crippen LogP contribution in [0.2, 0.25) is 0 Å². The van der Waals surface area contributed by atoms with Crippen LogP contribution in [-0.2, 0) is 6.54 Å². The van der Waals surface area contributed by atoms with Gasteiger partial charge in [-0.2, -0.15) is 0 Å². The smallest absolute Gasteiger partial charge is 0.117 e. The lowest BCUT2D eigenvalue weighted by Gasteiger charge is -2.18. The summed E-state index contributed by atoms with van der Waals surface area (Å²) in [5.41, 5.74) is 5.97. The number of furan rings is 1. The summed E-state index contributed by atoms with van der Waals surface area (Å²) in [5.74, 6) is 1.53. The van der Waals surface area contributed by atoms with Crippen molar-refractivity contribution in [3.05, 3.63) is 24.2 Å². The van der Waals surface area contributed by atoms with Crippen LogP contribution < -0.4 is 11.1 Å². The molecule has 0 aliphatic heterocycles. The molecule has 1 heterocycles. The van der Waals surface area contributed by atoms with Crippen molar-refractivity contribution >= 4 is 0 Å². The van der Waals surface area contributed by atoms with Gasteiger partial charge < -0.3 is 15.5 Å². The zero-order valence-corrected chi connectivity index (χ0v) is 8.99. The molecule has 0 spiro atoms. The Balaban J connectivity index is 2.15. The molecular formula is C11H20N2O. The molecule has 1 aromatic heterocycles. The first-order chi connectivity index (χ1) is 6.74. The van der Waals surface area contributed by atoms with Crippen molar-refractivity contribution in [1.82, 2.24) is 5.32 Å². The Morgan fingerprint density at radius 3 is 2.93 bits per heavy atom. The largest absolute Gasteiger partial charge is 0.468 e. The average Bonchev–Trinajstić information content (AvgIpc) is 2.69. The molecule has 0 radical (unpaired) electrons. The van der Waals surface area contributed by atoms with Gasteiger partial charge in [0.25, 0.3) is 0 Å². The minimum atomic E-state index is 0.231. The van der Waals surface area contributed by atoms with E-state index >= 15 is 0 Å². The molecule has 80 valence electrons. The van der Waals surface area contributed by atoms with Gasteiger partial charge in [-0.3, -0.25) is 0 Å². The van der Waals surface area contributed by atoms with E-state index in [0.717, 1.165) is 25.3 Å². The van der Waals surface area contributed by atoms with E-state index in [-0.39, 0.29) is 6.04 Å². The molecule has 0 aromatic carbocycles. The van der Waals surface area contributed by atoms with E-state index in [1.807, 2.05) is 12.1 Å². The highest BCUT2D eigenvalue weighted by Gasteiger charge is 2.09. The maximum absolute atomic E-state index is 5.97. The van der Waals surface area contributed by atoms with E-state index in [1.165, 1.54) is 0 Å². The fraction of sp³-hybridized carbons (Fsp3) is 0.636. The Kier molecular flexibility index (Phi) is 4.70. The van der Waals surface area contributed by atoms with Crippen LogP contribution in [0, 0.1) is 5.92 Å². The second kappa shape index (κ2) is 5.83. The first kappa shape index (κ1) is 11.3. The normalized spacial score (nSPS) is 15.4. The molecule has 2 unspecified atom stereocenters. The third kappa shape index (κ3) is 3.52. The van der Waals surface area contributed by atoms with Gasteiger partial charge in [0.1, 0.15) is 5.76 Å². The zero-order valence-electron chi connectivity index (χ0n) is 8.99. The molecule has 0 bridgehead atoms. The van der Waals surface area contributed by atoms with Crippen molar-refractivity contribution in [3.8, 4) is 0 Å². The molecule has 1 rings (SSSR count). The van der Waals surface area contributed by atoms with Gasteiger partial charge in [0, 0.05) is 12.6 Å². The molecule has 2 atom stereocenters. The summed E-state index contributed by atoms with van der Waals surface area (Å²) in [6.45, 7) is 5.95. The number of hydrogen-bond donors (Lipinski definition) is 2. The highest BCUT2D eigenvalue weighted by atomic mass is 16.3. The first-order valence-corrected chi connectivity index (χ1v) is 5.22. The van der Waals surface area contributed by atoms with Gasteiger partial charge in [-0.15, -0.1) is 0 Å². The van der Waals surface area contributed by atoms with Crippen LogP contribution in [-0.4, -0.2) is 12.6 Å². The van der Waals surface area contributed by atoms with Gasteiger partial charge in [-0.05, 0) is 18.1 Å². The summed E-state index contributed by atoms with van der Waals surface area (Å²) in [6.07, 6.45) is 2.81. The number of rotatable bonds is 6. The van der Waals surface area contributed by atoms with Gasteiger partial charge in [0.15, 0.2) is 0 Å². The molecule has 0 fully saturated rings. The Labute approximate surface area is 85.7 Å². The number of nitrogens with two attached hydrogens (primary N) is 1. The monoisotopic (exact) mass is 196 g/mol. The van der Waals surface area contributed by atoms with Crippen molar-refractivity contribution in [1.29, 1.82) is 0 Å². The van der Waals surface area contributed by atoms with Crippen LogP contribution in [0.1, 0.15) is 26.0 Å². The average molecular weight is 196 g/mol. The van der Waals surface area contributed by atoms with Crippen LogP contribution in [0.25, 0.3) is 0 Å². The Hall–Kier alpha value is -0.800. The van der Waals surface area contributed by atoms with Crippen LogP contribution >= 0.6 is 0 Å². The summed E-state index contributed by atoms with van der Waals surface area (Å²) in [6, 6.07) is 4.09. The van der Waals surface area contributed by atoms with Crippen LogP contribution in [0.5, 0.6) is 0 Å². The van der Waals surface area contributed by atoms with Crippen molar-refractivity contribution in [2.75, 3.05) is 6.54 Å². The SMILES string of the molecule is CCC(C)C(N)CNCc1ccco1. The Morgan fingerprint density at radius 2 is 2.36 bits per heavy atom. The summed E-state index contributed by atoms with van der Waals surface area (Å²) in [7, 11) is 0. The summed E-state index contributed by atoms with van der Waals surface area (Å²) >= 11 is 0. The first-order valence-electron chi connectivity index (χ1n) is 5.22. The second-order valence-corrected chi connectivity index (χ2v) is 3.76. The predicted molar refractivity (Wildman–Crippen MR) is 57.8 cm³/mol. The van der Waals surface area contributed by atoms with Crippen molar-refractivity contribution in [2.45, 2.75) is 32.9 Å². The molecule has 14 heavy (non-hydrogen) atoms. The molecule has 3 heteroatoms. The fourth-order valence-corrected chi connectivity index (χ4v) is 1.28. The van der Waals surface area contributed by atoms with E-state index in [2.05, 4.69) is 19.2 Å². The van der Waals surface area contributed by atoms with Crippen molar-refractivity contribution < 1.29 is 4.42 Å². The highest BCUT2D eigenvalue weighted by molar-refractivity contribution is 4.97. The number of hydrogen-bond acceptors (Lipinski definition) is 3. The zero-order chi connectivity index (χ0) is 10.4. The van der Waals surface area contributed by atoms with Crippen LogP contribution in [0.15, 0.2) is 22.8 Å². The predicted octanol–water partition coefficient (Wildman–Crippen LogP) is 1.74. The van der Waals surface area contributed by atoms with E-state index < -0.39 is 0 Å². The third-order valence-corrected chi connectivity index (χ3v) is 2.63. The van der Waals surface area contributed by atoms with Gasteiger partial charge >= 0.3 is 0 Å². The fourth-order valence-electron chi connectivity index (χ4n) is 1.28. The maximum Gasteiger partial charge on any atom is 0.117 e. The van der Waals surface area contributed by atoms with Crippen LogP contribution in [0.4, 0.5) is 0 Å². The van der Waals surface area contributed by atoms with Crippen LogP contribution in [0.3, 0.4) is 0 Å². The molecule has 3 N–H and O–H groups in total. The molecule has 0 saturated carbocycles. The minimum absolute atomic E-state index is 0.231. The van der Waals surface area contributed by atoms with E-state index in [0.29, 0.717) is 5.92 Å². The number of nitrogens with one attached hydrogen (secondary N) is 1. The highest BCUT2D eigenvalue weighted by Crippen LogP contribution is 2.04. The molecule has 0 amide bonds. The molecule has 0 saturated heterocycles. The molecular weight excluding hydrogens is 176 g/mol. The van der Waals surface area contributed by atoms with Gasteiger partial charge in [-0.25, -0.2) is 0 Å². The third-order valence-electron chi connectivity index (χ3n) is 2.63. The molecule has 1 aromatic rings. The molecule has 3 nitrogen and oxygen atoms in total. The van der Waals surface area contributed by atoms with Crippen molar-refractivity contribution in [3.63, 3.8) is 0 Å². The Bertz CT molecular complexity index is 233. The minimum Gasteiger partial charge on any atom is -0.468 e. The Morgan fingerprint density at radius 1 is 1.57 bits per heavy atom. The van der Waals surface area contributed by atoms with E-state index in [9.17, 15) is 0 Å². The van der Waals surface area contributed by atoms with E-state index in [4.69, 9.17) is 10.2 Å². The lowest BCUT2D eigenvalue weighted by molar-refractivity contribution is 0.405. The summed E-state index contributed by atoms with van der Waals surface area (Å²) in [4.78, 5) is 0. The second-order valence-electron chi connectivity index (χ2n) is 3.76. The van der Waals surface area contributed by atoms with Gasteiger partial charge in [0.2, 0.25) is 0 Å². The lowest BCUT2D eigenvalue weighted by atomic mass is 10.0. The standard InChI is InChI=1S/C11H20N2O/c1-3-9(2)11(12)8-13-7-10-5-4-6-14-10/h4-6,9,11,13H,3,7-8,12H2,1-2H3. The van der Waals surface area contributed by atoms with E-state index in [1.54, 1.807) is 6.26 Å². The van der Waals surface area contributed by atoms with Gasteiger partial charge in [0.05, 0.1) is 12.8 Å².